The normalized spacial score (nSPS) is 15.5. The highest BCUT2D eigenvalue weighted by Gasteiger charge is 2.22. The molecule has 3 rings (SSSR count). The average Bonchev–Trinajstić information content (AvgIpc) is 3.14. The number of methoxy groups -OCH3 is 2. The van der Waals surface area contributed by atoms with E-state index in [9.17, 15) is 9.59 Å². The molecule has 0 fully saturated rings. The Hall–Kier alpha value is -2.25. The lowest BCUT2D eigenvalue weighted by Gasteiger charge is -2.19. The van der Waals surface area contributed by atoms with Gasteiger partial charge in [-0.15, -0.1) is 11.3 Å². The summed E-state index contributed by atoms with van der Waals surface area (Å²) in [6.07, 6.45) is 4.36. The Labute approximate surface area is 173 Å². The first-order valence-corrected chi connectivity index (χ1v) is 10.3. The SMILES string of the molecule is CC[C@@H]1CCc2sc(C(=O)NNC(=O)c3cc(Cl)c(OC)c(OC)c3)cc2C1. The standard InChI is InChI=1S/C20H23ClN2O4S/c1-4-11-5-6-16-12(7-11)10-17(28-16)20(25)23-22-19(24)13-8-14(21)18(27-3)15(9-13)26-2/h8-11H,4-7H2,1-3H3,(H,22,24)(H,23,25)/t11-/m1/s1. The van der Waals surface area contributed by atoms with Crippen LogP contribution in [0.2, 0.25) is 5.02 Å². The van der Waals surface area contributed by atoms with Crippen molar-refractivity contribution in [1.29, 1.82) is 0 Å². The minimum atomic E-state index is -0.497. The van der Waals surface area contributed by atoms with Crippen LogP contribution in [0.15, 0.2) is 18.2 Å². The van der Waals surface area contributed by atoms with Gasteiger partial charge in [0.15, 0.2) is 11.5 Å². The van der Waals surface area contributed by atoms with Crippen molar-refractivity contribution in [2.75, 3.05) is 14.2 Å². The first-order chi connectivity index (χ1) is 13.5. The molecule has 0 unspecified atom stereocenters. The minimum absolute atomic E-state index is 0.245. The number of ether oxygens (including phenoxy) is 2. The zero-order chi connectivity index (χ0) is 20.3. The van der Waals surface area contributed by atoms with E-state index in [1.807, 2.05) is 6.07 Å². The maximum atomic E-state index is 12.5. The zero-order valence-electron chi connectivity index (χ0n) is 16.1. The van der Waals surface area contributed by atoms with Crippen LogP contribution in [0.25, 0.3) is 0 Å². The summed E-state index contributed by atoms with van der Waals surface area (Å²) in [4.78, 5) is 26.7. The Bertz CT molecular complexity index is 897. The van der Waals surface area contributed by atoms with E-state index in [2.05, 4.69) is 17.8 Å². The molecule has 0 aliphatic heterocycles. The summed E-state index contributed by atoms with van der Waals surface area (Å²) in [6.45, 7) is 2.20. The van der Waals surface area contributed by atoms with Gasteiger partial charge in [-0.05, 0) is 48.9 Å². The molecule has 2 N–H and O–H groups in total. The second-order valence-corrected chi connectivity index (χ2v) is 8.22. The second-order valence-electron chi connectivity index (χ2n) is 6.68. The number of fused-ring (bicyclic) bond motifs is 1. The molecule has 1 aliphatic carbocycles. The van der Waals surface area contributed by atoms with Crippen LogP contribution in [0, 0.1) is 5.92 Å². The number of hydrogen-bond donors (Lipinski definition) is 2. The van der Waals surface area contributed by atoms with Crippen LogP contribution in [-0.4, -0.2) is 26.0 Å². The average molecular weight is 423 g/mol. The van der Waals surface area contributed by atoms with Gasteiger partial charge in [0.2, 0.25) is 0 Å². The fraction of sp³-hybridized carbons (Fsp3) is 0.400. The molecular formula is C20H23ClN2O4S. The van der Waals surface area contributed by atoms with Crippen molar-refractivity contribution < 1.29 is 19.1 Å². The molecule has 1 aliphatic rings. The molecule has 0 radical (unpaired) electrons. The van der Waals surface area contributed by atoms with Gasteiger partial charge < -0.3 is 9.47 Å². The van der Waals surface area contributed by atoms with Gasteiger partial charge in [0.25, 0.3) is 11.8 Å². The summed E-state index contributed by atoms with van der Waals surface area (Å²) in [6, 6.07) is 4.90. The van der Waals surface area contributed by atoms with E-state index < -0.39 is 5.91 Å². The van der Waals surface area contributed by atoms with Crippen molar-refractivity contribution >= 4 is 34.8 Å². The number of carbonyl (C=O) groups is 2. The first-order valence-electron chi connectivity index (χ1n) is 9.10. The third kappa shape index (κ3) is 4.25. The third-order valence-corrected chi connectivity index (χ3v) is 6.49. The zero-order valence-corrected chi connectivity index (χ0v) is 17.6. The van der Waals surface area contributed by atoms with E-state index in [-0.39, 0.29) is 16.5 Å². The molecule has 150 valence electrons. The summed E-state index contributed by atoms with van der Waals surface area (Å²) in [5, 5.41) is 0.245. The van der Waals surface area contributed by atoms with Crippen molar-refractivity contribution in [2.45, 2.75) is 32.6 Å². The van der Waals surface area contributed by atoms with Gasteiger partial charge in [0, 0.05) is 10.4 Å². The summed E-state index contributed by atoms with van der Waals surface area (Å²) in [5.74, 6) is 0.547. The van der Waals surface area contributed by atoms with Gasteiger partial charge in [0.1, 0.15) is 0 Å². The number of carbonyl (C=O) groups excluding carboxylic acids is 2. The Kier molecular flexibility index (Phi) is 6.46. The van der Waals surface area contributed by atoms with Crippen molar-refractivity contribution in [3.05, 3.63) is 44.1 Å². The maximum Gasteiger partial charge on any atom is 0.279 e. The molecule has 0 saturated heterocycles. The number of thiophene rings is 1. The van der Waals surface area contributed by atoms with Crippen molar-refractivity contribution in [1.82, 2.24) is 10.9 Å². The Morgan fingerprint density at radius 1 is 1.18 bits per heavy atom. The summed E-state index contributed by atoms with van der Waals surface area (Å²) >= 11 is 7.62. The second kappa shape index (κ2) is 8.84. The van der Waals surface area contributed by atoms with Crippen molar-refractivity contribution in [2.24, 2.45) is 5.92 Å². The van der Waals surface area contributed by atoms with E-state index >= 15 is 0 Å². The third-order valence-electron chi connectivity index (χ3n) is 4.97. The molecule has 2 amide bonds. The van der Waals surface area contributed by atoms with Crippen LogP contribution in [0.5, 0.6) is 11.5 Å². The number of nitrogens with one attached hydrogen (secondary N) is 2. The number of rotatable bonds is 5. The van der Waals surface area contributed by atoms with Crippen LogP contribution in [0.4, 0.5) is 0 Å². The number of amides is 2. The number of aryl methyl sites for hydroxylation is 1. The lowest BCUT2D eigenvalue weighted by Crippen LogP contribution is -2.41. The lowest BCUT2D eigenvalue weighted by atomic mass is 9.87. The Morgan fingerprint density at radius 2 is 1.93 bits per heavy atom. The van der Waals surface area contributed by atoms with Crippen LogP contribution < -0.4 is 20.3 Å². The van der Waals surface area contributed by atoms with Gasteiger partial charge >= 0.3 is 0 Å². The van der Waals surface area contributed by atoms with Crippen LogP contribution in [-0.2, 0) is 12.8 Å². The van der Waals surface area contributed by atoms with Crippen molar-refractivity contribution in [3.63, 3.8) is 0 Å². The summed E-state index contributed by atoms with van der Waals surface area (Å²) in [7, 11) is 2.92. The van der Waals surface area contributed by atoms with E-state index in [0.717, 1.165) is 19.3 Å². The fourth-order valence-corrected chi connectivity index (χ4v) is 4.75. The molecule has 1 aromatic carbocycles. The molecular weight excluding hydrogens is 400 g/mol. The number of hydrogen-bond acceptors (Lipinski definition) is 5. The largest absolute Gasteiger partial charge is 0.493 e. The summed E-state index contributed by atoms with van der Waals surface area (Å²) in [5.41, 5.74) is 6.41. The van der Waals surface area contributed by atoms with E-state index in [0.29, 0.717) is 22.3 Å². The van der Waals surface area contributed by atoms with Crippen LogP contribution in [0.3, 0.4) is 0 Å². The Balaban J connectivity index is 1.66. The predicted molar refractivity (Wildman–Crippen MR) is 110 cm³/mol. The van der Waals surface area contributed by atoms with Gasteiger partial charge in [-0.2, -0.15) is 0 Å². The summed E-state index contributed by atoms with van der Waals surface area (Å²) < 4.78 is 10.3. The highest BCUT2D eigenvalue weighted by atomic mass is 35.5. The molecule has 1 aromatic heterocycles. The quantitative estimate of drug-likeness (QED) is 0.714. The fourth-order valence-electron chi connectivity index (χ4n) is 3.36. The predicted octanol–water partition coefficient (Wildman–Crippen LogP) is 4.01. The molecule has 0 saturated carbocycles. The molecule has 0 bridgehead atoms. The monoisotopic (exact) mass is 422 g/mol. The number of halogens is 1. The van der Waals surface area contributed by atoms with E-state index in [4.69, 9.17) is 21.1 Å². The smallest absolute Gasteiger partial charge is 0.279 e. The minimum Gasteiger partial charge on any atom is -0.493 e. The molecule has 1 atom stereocenters. The molecule has 28 heavy (non-hydrogen) atoms. The highest BCUT2D eigenvalue weighted by molar-refractivity contribution is 7.14. The first kappa shape index (κ1) is 20.5. The van der Waals surface area contributed by atoms with Gasteiger partial charge in [0.05, 0.1) is 24.1 Å². The number of hydrazine groups is 1. The van der Waals surface area contributed by atoms with Gasteiger partial charge in [-0.3, -0.25) is 20.4 Å². The van der Waals surface area contributed by atoms with Crippen molar-refractivity contribution in [3.8, 4) is 11.5 Å². The molecule has 1 heterocycles. The highest BCUT2D eigenvalue weighted by Crippen LogP contribution is 2.36. The lowest BCUT2D eigenvalue weighted by molar-refractivity contribution is 0.0848. The number of benzene rings is 1. The van der Waals surface area contributed by atoms with Crippen LogP contribution >= 0.6 is 22.9 Å². The Morgan fingerprint density at radius 3 is 2.61 bits per heavy atom. The van der Waals surface area contributed by atoms with E-state index in [1.54, 1.807) is 0 Å². The molecule has 6 nitrogen and oxygen atoms in total. The van der Waals surface area contributed by atoms with Gasteiger partial charge in [-0.1, -0.05) is 24.9 Å². The molecule has 0 spiro atoms. The topological polar surface area (TPSA) is 76.7 Å². The van der Waals surface area contributed by atoms with Gasteiger partial charge in [-0.25, -0.2) is 0 Å². The maximum absolute atomic E-state index is 12.5. The molecule has 2 aromatic rings. The van der Waals surface area contributed by atoms with Crippen LogP contribution in [0.1, 0.15) is 50.2 Å². The van der Waals surface area contributed by atoms with E-state index in [1.165, 1.54) is 54.6 Å². The molecule has 8 heteroatoms.